The summed E-state index contributed by atoms with van der Waals surface area (Å²) in [6.07, 6.45) is 3.97. The van der Waals surface area contributed by atoms with Crippen LogP contribution in [0.25, 0.3) is 0 Å². The highest BCUT2D eigenvalue weighted by molar-refractivity contribution is 7.92. The number of nitrogens with one attached hydrogen (secondary N) is 1. The number of pyridine rings is 1. The SMILES string of the molecule is CCCS(=O)(=O)Nc1ccc(C2c3ccncc3CN2C(N)=O)cc1. The van der Waals surface area contributed by atoms with Crippen LogP contribution in [0.1, 0.15) is 36.1 Å². The molecule has 0 aliphatic carbocycles. The van der Waals surface area contributed by atoms with Gasteiger partial charge in [0.15, 0.2) is 0 Å². The summed E-state index contributed by atoms with van der Waals surface area (Å²) in [5, 5.41) is 0. The zero-order valence-electron chi connectivity index (χ0n) is 13.8. The summed E-state index contributed by atoms with van der Waals surface area (Å²) >= 11 is 0. The van der Waals surface area contributed by atoms with Crippen LogP contribution < -0.4 is 10.5 Å². The molecule has 1 aliphatic heterocycles. The molecule has 1 aromatic heterocycles. The Bertz CT molecular complexity index is 881. The van der Waals surface area contributed by atoms with Crippen LogP contribution in [0.15, 0.2) is 42.7 Å². The number of hydrogen-bond acceptors (Lipinski definition) is 4. The highest BCUT2D eigenvalue weighted by atomic mass is 32.2. The van der Waals surface area contributed by atoms with Gasteiger partial charge in [0.2, 0.25) is 10.0 Å². The second-order valence-electron chi connectivity index (χ2n) is 5.99. The van der Waals surface area contributed by atoms with Crippen molar-refractivity contribution in [1.82, 2.24) is 9.88 Å². The number of carbonyl (C=O) groups excluding carboxylic acids is 1. The van der Waals surface area contributed by atoms with E-state index in [1.54, 1.807) is 41.6 Å². The van der Waals surface area contributed by atoms with Gasteiger partial charge in [-0.1, -0.05) is 19.1 Å². The molecule has 7 nitrogen and oxygen atoms in total. The summed E-state index contributed by atoms with van der Waals surface area (Å²) in [4.78, 5) is 17.5. The maximum atomic E-state index is 11.9. The Morgan fingerprint density at radius 3 is 2.68 bits per heavy atom. The number of anilines is 1. The third-order valence-corrected chi connectivity index (χ3v) is 5.64. The quantitative estimate of drug-likeness (QED) is 0.853. The van der Waals surface area contributed by atoms with Gasteiger partial charge in [-0.25, -0.2) is 13.2 Å². The molecule has 0 bridgehead atoms. The Kier molecular flexibility index (Phi) is 4.63. The van der Waals surface area contributed by atoms with Gasteiger partial charge < -0.3 is 10.6 Å². The second kappa shape index (κ2) is 6.72. The van der Waals surface area contributed by atoms with E-state index in [1.807, 2.05) is 13.0 Å². The average Bonchev–Trinajstić information content (AvgIpc) is 2.95. The van der Waals surface area contributed by atoms with Crippen LogP contribution in [0, 0.1) is 0 Å². The third-order valence-electron chi connectivity index (χ3n) is 4.14. The molecule has 2 amide bonds. The lowest BCUT2D eigenvalue weighted by Gasteiger charge is -2.24. The van der Waals surface area contributed by atoms with E-state index in [2.05, 4.69) is 9.71 Å². The molecule has 3 N–H and O–H groups in total. The highest BCUT2D eigenvalue weighted by Gasteiger charge is 2.33. The normalized spacial score (nSPS) is 16.5. The average molecular weight is 360 g/mol. The zero-order valence-corrected chi connectivity index (χ0v) is 14.7. The first-order valence-corrected chi connectivity index (χ1v) is 9.66. The molecule has 0 spiro atoms. The van der Waals surface area contributed by atoms with Crippen molar-refractivity contribution in [2.75, 3.05) is 10.5 Å². The molecule has 1 unspecified atom stereocenters. The molecule has 8 heteroatoms. The number of rotatable bonds is 5. The molecule has 0 fully saturated rings. The van der Waals surface area contributed by atoms with Gasteiger partial charge in [-0.3, -0.25) is 9.71 Å². The van der Waals surface area contributed by atoms with Crippen molar-refractivity contribution >= 4 is 21.7 Å². The molecule has 132 valence electrons. The van der Waals surface area contributed by atoms with Gasteiger partial charge >= 0.3 is 6.03 Å². The van der Waals surface area contributed by atoms with E-state index in [9.17, 15) is 13.2 Å². The molecule has 2 aromatic rings. The molecule has 2 heterocycles. The van der Waals surface area contributed by atoms with Crippen LogP contribution in [0.2, 0.25) is 0 Å². The number of nitrogens with two attached hydrogens (primary N) is 1. The number of benzene rings is 1. The number of primary amides is 1. The van der Waals surface area contributed by atoms with Crippen LogP contribution >= 0.6 is 0 Å². The molecule has 0 saturated carbocycles. The van der Waals surface area contributed by atoms with Crippen LogP contribution in [0.3, 0.4) is 0 Å². The van der Waals surface area contributed by atoms with E-state index in [4.69, 9.17) is 5.73 Å². The molecule has 1 aliphatic rings. The molecule has 0 saturated heterocycles. The number of aromatic nitrogens is 1. The lowest BCUT2D eigenvalue weighted by molar-refractivity contribution is 0.199. The Labute approximate surface area is 146 Å². The fourth-order valence-electron chi connectivity index (χ4n) is 3.08. The summed E-state index contributed by atoms with van der Waals surface area (Å²) in [5.41, 5.74) is 8.82. The first-order valence-electron chi connectivity index (χ1n) is 8.00. The standard InChI is InChI=1S/C17H20N4O3S/c1-2-9-25(23,24)20-14-5-3-12(4-6-14)16-15-7-8-19-10-13(15)11-21(16)17(18)22/h3-8,10,16,20H,2,9,11H2,1H3,(H2,18,22). The van der Waals surface area contributed by atoms with Crippen molar-refractivity contribution in [3.05, 3.63) is 59.4 Å². The fraction of sp³-hybridized carbons (Fsp3) is 0.294. The smallest absolute Gasteiger partial charge is 0.315 e. The van der Waals surface area contributed by atoms with Gasteiger partial charge in [0.1, 0.15) is 0 Å². The number of urea groups is 1. The molecule has 1 aromatic carbocycles. The van der Waals surface area contributed by atoms with Crippen molar-refractivity contribution < 1.29 is 13.2 Å². The Morgan fingerprint density at radius 2 is 2.04 bits per heavy atom. The molecule has 1 atom stereocenters. The number of hydrogen-bond donors (Lipinski definition) is 2. The third kappa shape index (κ3) is 3.58. The first kappa shape index (κ1) is 17.2. The Hall–Kier alpha value is -2.61. The maximum absolute atomic E-state index is 11.9. The van der Waals surface area contributed by atoms with Gasteiger partial charge in [0.05, 0.1) is 18.3 Å². The van der Waals surface area contributed by atoms with Crippen molar-refractivity contribution in [3.63, 3.8) is 0 Å². The minimum atomic E-state index is -3.33. The van der Waals surface area contributed by atoms with Crippen molar-refractivity contribution in [1.29, 1.82) is 0 Å². The van der Waals surface area contributed by atoms with Gasteiger partial charge in [-0.2, -0.15) is 0 Å². The predicted molar refractivity (Wildman–Crippen MR) is 95.3 cm³/mol. The first-order chi connectivity index (χ1) is 11.9. The highest BCUT2D eigenvalue weighted by Crippen LogP contribution is 2.38. The lowest BCUT2D eigenvalue weighted by atomic mass is 9.99. The molecule has 3 rings (SSSR count). The predicted octanol–water partition coefficient (Wildman–Crippen LogP) is 2.22. The second-order valence-corrected chi connectivity index (χ2v) is 7.83. The molecular weight excluding hydrogens is 340 g/mol. The zero-order chi connectivity index (χ0) is 18.0. The topological polar surface area (TPSA) is 105 Å². The van der Waals surface area contributed by atoms with Gasteiger partial charge in [-0.15, -0.1) is 0 Å². The van der Waals surface area contributed by atoms with Crippen LogP contribution in [-0.2, 0) is 16.6 Å². The fourth-order valence-corrected chi connectivity index (χ4v) is 4.21. The van der Waals surface area contributed by atoms with Crippen LogP contribution in [0.5, 0.6) is 0 Å². The largest absolute Gasteiger partial charge is 0.351 e. The summed E-state index contributed by atoms with van der Waals surface area (Å²) in [5.74, 6) is 0.0766. The van der Waals surface area contributed by atoms with Crippen molar-refractivity contribution in [2.24, 2.45) is 5.73 Å². The Balaban J connectivity index is 1.89. The number of nitrogens with zero attached hydrogens (tertiary/aromatic N) is 2. The summed E-state index contributed by atoms with van der Waals surface area (Å²) < 4.78 is 26.3. The van der Waals surface area contributed by atoms with E-state index in [1.165, 1.54) is 0 Å². The van der Waals surface area contributed by atoms with Gasteiger partial charge in [0, 0.05) is 18.1 Å². The van der Waals surface area contributed by atoms with E-state index in [-0.39, 0.29) is 11.8 Å². The van der Waals surface area contributed by atoms with E-state index < -0.39 is 16.1 Å². The number of amides is 2. The van der Waals surface area contributed by atoms with Crippen molar-refractivity contribution in [3.8, 4) is 0 Å². The molecule has 0 radical (unpaired) electrons. The van der Waals surface area contributed by atoms with Gasteiger partial charge in [0.25, 0.3) is 0 Å². The van der Waals surface area contributed by atoms with Gasteiger partial charge in [-0.05, 0) is 41.3 Å². The number of fused-ring (bicyclic) bond motifs is 1. The van der Waals surface area contributed by atoms with E-state index >= 15 is 0 Å². The minimum absolute atomic E-state index is 0.0766. The summed E-state index contributed by atoms with van der Waals surface area (Å²) in [6, 6.07) is 8.08. The van der Waals surface area contributed by atoms with Crippen LogP contribution in [0.4, 0.5) is 10.5 Å². The van der Waals surface area contributed by atoms with E-state index in [0.29, 0.717) is 18.7 Å². The van der Waals surface area contributed by atoms with Crippen LogP contribution in [-0.4, -0.2) is 30.1 Å². The Morgan fingerprint density at radius 1 is 1.32 bits per heavy atom. The van der Waals surface area contributed by atoms with E-state index in [0.717, 1.165) is 16.7 Å². The number of sulfonamides is 1. The minimum Gasteiger partial charge on any atom is -0.351 e. The summed E-state index contributed by atoms with van der Waals surface area (Å²) in [7, 11) is -3.33. The molecular formula is C17H20N4O3S. The monoisotopic (exact) mass is 360 g/mol. The molecule has 25 heavy (non-hydrogen) atoms. The maximum Gasteiger partial charge on any atom is 0.315 e. The van der Waals surface area contributed by atoms with Crippen molar-refractivity contribution in [2.45, 2.75) is 25.9 Å². The number of carbonyl (C=O) groups is 1. The summed E-state index contributed by atoms with van der Waals surface area (Å²) in [6.45, 7) is 2.22. The lowest BCUT2D eigenvalue weighted by Crippen LogP contribution is -2.34.